The Labute approximate surface area is 255 Å². The van der Waals surface area contributed by atoms with Gasteiger partial charge in [-0.25, -0.2) is 18.7 Å². The fraction of sp³-hybridized carbons (Fsp3) is 0.258. The number of hydrogen-bond donors (Lipinski definition) is 2. The molecule has 4 aromatic rings. The van der Waals surface area contributed by atoms with E-state index < -0.39 is 29.7 Å². The summed E-state index contributed by atoms with van der Waals surface area (Å²) in [5, 5.41) is 5.25. The van der Waals surface area contributed by atoms with Crippen molar-refractivity contribution in [2.45, 2.75) is 12.9 Å². The molecule has 9 nitrogen and oxygen atoms in total. The first kappa shape index (κ1) is 31.6. The van der Waals surface area contributed by atoms with E-state index in [4.69, 9.17) is 4.74 Å². The molecular weight excluding hydrogens is 599 g/mol. The lowest BCUT2D eigenvalue weighted by Crippen LogP contribution is -2.43. The van der Waals surface area contributed by atoms with Gasteiger partial charge in [-0.2, -0.15) is 0 Å². The third-order valence-corrected chi connectivity index (χ3v) is 7.10. The van der Waals surface area contributed by atoms with Crippen molar-refractivity contribution in [3.05, 3.63) is 89.6 Å². The van der Waals surface area contributed by atoms with Crippen molar-refractivity contribution >= 4 is 23.2 Å². The Morgan fingerprint density at radius 3 is 2.33 bits per heavy atom. The van der Waals surface area contributed by atoms with Crippen LogP contribution in [0.15, 0.2) is 66.9 Å². The van der Waals surface area contributed by atoms with Crippen LogP contribution in [0.25, 0.3) is 11.3 Å². The van der Waals surface area contributed by atoms with Crippen LogP contribution in [0.2, 0.25) is 0 Å². The largest absolute Gasteiger partial charge is 0.573 e. The van der Waals surface area contributed by atoms with Gasteiger partial charge in [-0.05, 0) is 67.2 Å². The molecule has 45 heavy (non-hydrogen) atoms. The Kier molecular flexibility index (Phi) is 9.44. The smallest absolute Gasteiger partial charge is 0.493 e. The van der Waals surface area contributed by atoms with Crippen LogP contribution >= 0.6 is 0 Å². The Morgan fingerprint density at radius 2 is 1.67 bits per heavy atom. The van der Waals surface area contributed by atoms with Gasteiger partial charge in [0.2, 0.25) is 5.95 Å². The number of likely N-dealkylation sites (N-methyl/N-ethyl adjacent to an activating group) is 1. The molecule has 0 unspecified atom stereocenters. The second-order valence-electron chi connectivity index (χ2n) is 10.4. The third kappa shape index (κ3) is 8.22. The average molecular weight is 629 g/mol. The standard InChI is InChI=1S/C31H29F5N6O3/c1-41-11-13-42(14-12-41)18-19-3-9-23(32)26(15-19)38-29(43)21-6-10-25(24(33)16-21)39-30-37-17-27(44-2)28(40-30)20-4-7-22(8-5-20)45-31(34,35)36/h3-10,15-17H,11-14,18H2,1-2H3,(H,38,43)(H,37,39,40). The zero-order chi connectivity index (χ0) is 32.1. The second-order valence-corrected chi connectivity index (χ2v) is 10.4. The highest BCUT2D eigenvalue weighted by Gasteiger charge is 2.31. The number of alkyl halides is 3. The number of halogens is 5. The molecular formula is C31H29F5N6O3. The SMILES string of the molecule is COc1cnc(Nc2ccc(C(=O)Nc3cc(CN4CCN(C)CC4)ccc3F)cc2F)nc1-c1ccc(OC(F)(F)F)cc1. The van der Waals surface area contributed by atoms with E-state index in [-0.39, 0.29) is 34.3 Å². The lowest BCUT2D eigenvalue weighted by molar-refractivity contribution is -0.274. The van der Waals surface area contributed by atoms with Crippen molar-refractivity contribution in [2.24, 2.45) is 0 Å². The molecule has 1 fully saturated rings. The van der Waals surface area contributed by atoms with Crippen LogP contribution in [-0.2, 0) is 6.54 Å². The van der Waals surface area contributed by atoms with Crippen LogP contribution in [-0.4, -0.2) is 72.4 Å². The monoisotopic (exact) mass is 628 g/mol. The predicted molar refractivity (Wildman–Crippen MR) is 158 cm³/mol. The number of nitrogens with one attached hydrogen (secondary N) is 2. The molecule has 0 spiro atoms. The van der Waals surface area contributed by atoms with Gasteiger partial charge < -0.3 is 25.0 Å². The number of hydrogen-bond acceptors (Lipinski definition) is 8. The van der Waals surface area contributed by atoms with Crippen LogP contribution < -0.4 is 20.1 Å². The number of rotatable bonds is 9. The molecule has 0 atom stereocenters. The number of piperazine rings is 1. The lowest BCUT2D eigenvalue weighted by atomic mass is 10.1. The summed E-state index contributed by atoms with van der Waals surface area (Å²) in [5.74, 6) is -2.35. The number of nitrogens with zero attached hydrogens (tertiary/aromatic N) is 4. The molecule has 3 aromatic carbocycles. The van der Waals surface area contributed by atoms with Crippen molar-refractivity contribution in [3.63, 3.8) is 0 Å². The van der Waals surface area contributed by atoms with Gasteiger partial charge in [0.25, 0.3) is 5.91 Å². The molecule has 1 amide bonds. The van der Waals surface area contributed by atoms with Gasteiger partial charge in [0.05, 0.1) is 24.7 Å². The Morgan fingerprint density at radius 1 is 0.933 bits per heavy atom. The predicted octanol–water partition coefficient (Wildman–Crippen LogP) is 6.07. The number of carbonyl (C=O) groups is 1. The first-order valence-corrected chi connectivity index (χ1v) is 13.8. The van der Waals surface area contributed by atoms with Gasteiger partial charge in [-0.15, -0.1) is 13.2 Å². The van der Waals surface area contributed by atoms with Crippen molar-refractivity contribution in [2.75, 3.05) is 51.0 Å². The summed E-state index contributed by atoms with van der Waals surface area (Å²) in [6.07, 6.45) is -3.52. The molecule has 1 saturated heterocycles. The molecule has 1 aliphatic rings. The van der Waals surface area contributed by atoms with Crippen molar-refractivity contribution in [1.29, 1.82) is 0 Å². The second kappa shape index (κ2) is 13.4. The van der Waals surface area contributed by atoms with Gasteiger partial charge in [-0.3, -0.25) is 9.69 Å². The molecule has 2 heterocycles. The molecule has 1 aromatic heterocycles. The zero-order valence-corrected chi connectivity index (χ0v) is 24.3. The Hall–Kier alpha value is -4.82. The normalized spacial score (nSPS) is 14.2. The zero-order valence-electron chi connectivity index (χ0n) is 24.3. The number of aromatic nitrogens is 2. The van der Waals surface area contributed by atoms with Gasteiger partial charge in [0.1, 0.15) is 23.1 Å². The topological polar surface area (TPSA) is 91.8 Å². The first-order valence-electron chi connectivity index (χ1n) is 13.8. The molecule has 0 saturated carbocycles. The maximum absolute atomic E-state index is 15.1. The quantitative estimate of drug-likeness (QED) is 0.216. The number of benzene rings is 3. The summed E-state index contributed by atoms with van der Waals surface area (Å²) >= 11 is 0. The summed E-state index contributed by atoms with van der Waals surface area (Å²) in [4.78, 5) is 25.8. The highest BCUT2D eigenvalue weighted by molar-refractivity contribution is 6.04. The molecule has 2 N–H and O–H groups in total. The van der Waals surface area contributed by atoms with E-state index in [1.165, 1.54) is 43.6 Å². The first-order chi connectivity index (χ1) is 21.5. The minimum absolute atomic E-state index is 0.00796. The van der Waals surface area contributed by atoms with Gasteiger partial charge >= 0.3 is 6.36 Å². The van der Waals surface area contributed by atoms with E-state index in [0.29, 0.717) is 12.1 Å². The van der Waals surface area contributed by atoms with Crippen LogP contribution in [0.1, 0.15) is 15.9 Å². The summed E-state index contributed by atoms with van der Waals surface area (Å²) in [6, 6.07) is 13.2. The minimum Gasteiger partial charge on any atom is -0.493 e. The number of amides is 1. The number of methoxy groups -OCH3 is 1. The molecule has 1 aliphatic heterocycles. The van der Waals surface area contributed by atoms with Crippen LogP contribution in [0.4, 0.5) is 39.3 Å². The lowest BCUT2D eigenvalue weighted by Gasteiger charge is -2.32. The van der Waals surface area contributed by atoms with Crippen molar-refractivity contribution in [3.8, 4) is 22.8 Å². The highest BCUT2D eigenvalue weighted by atomic mass is 19.4. The minimum atomic E-state index is -4.84. The van der Waals surface area contributed by atoms with Crippen LogP contribution in [0.3, 0.4) is 0 Å². The maximum atomic E-state index is 15.1. The third-order valence-electron chi connectivity index (χ3n) is 7.10. The van der Waals surface area contributed by atoms with Crippen LogP contribution in [0.5, 0.6) is 11.5 Å². The van der Waals surface area contributed by atoms with E-state index in [1.54, 1.807) is 12.1 Å². The van der Waals surface area contributed by atoms with E-state index in [1.807, 2.05) is 0 Å². The van der Waals surface area contributed by atoms with Gasteiger partial charge in [0.15, 0.2) is 5.75 Å². The van der Waals surface area contributed by atoms with E-state index >= 15 is 4.39 Å². The fourth-order valence-electron chi connectivity index (χ4n) is 4.71. The Balaban J connectivity index is 1.28. The summed E-state index contributed by atoms with van der Waals surface area (Å²) < 4.78 is 76.4. The number of ether oxygens (including phenoxy) is 2. The summed E-state index contributed by atoms with van der Waals surface area (Å²) in [7, 11) is 3.43. The number of carbonyl (C=O) groups excluding carboxylic acids is 1. The summed E-state index contributed by atoms with van der Waals surface area (Å²) in [6.45, 7) is 4.24. The van der Waals surface area contributed by atoms with Crippen LogP contribution in [0, 0.1) is 11.6 Å². The van der Waals surface area contributed by atoms with E-state index in [0.717, 1.165) is 49.9 Å². The average Bonchev–Trinajstić information content (AvgIpc) is 3.00. The highest BCUT2D eigenvalue weighted by Crippen LogP contribution is 2.32. The maximum Gasteiger partial charge on any atom is 0.573 e. The molecule has 0 bridgehead atoms. The fourth-order valence-corrected chi connectivity index (χ4v) is 4.71. The van der Waals surface area contributed by atoms with Gasteiger partial charge in [-0.1, -0.05) is 6.07 Å². The molecule has 5 rings (SSSR count). The number of anilines is 3. The molecule has 0 aliphatic carbocycles. The van der Waals surface area contributed by atoms with Gasteiger partial charge in [0, 0.05) is 43.9 Å². The molecule has 236 valence electrons. The van der Waals surface area contributed by atoms with E-state index in [9.17, 15) is 22.4 Å². The van der Waals surface area contributed by atoms with Crippen molar-refractivity contribution < 1.29 is 36.2 Å². The van der Waals surface area contributed by atoms with Crippen molar-refractivity contribution in [1.82, 2.24) is 19.8 Å². The molecule has 14 heteroatoms. The van der Waals surface area contributed by atoms with E-state index in [2.05, 4.69) is 42.2 Å². The summed E-state index contributed by atoms with van der Waals surface area (Å²) in [5.41, 5.74) is 1.34. The molecule has 0 radical (unpaired) electrons. The Bertz CT molecular complexity index is 1660.